The highest BCUT2D eigenvalue weighted by Crippen LogP contribution is 2.23. The van der Waals surface area contributed by atoms with Crippen molar-refractivity contribution in [3.63, 3.8) is 0 Å². The second kappa shape index (κ2) is 4.18. The van der Waals surface area contributed by atoms with Crippen LogP contribution in [0.5, 0.6) is 0 Å². The van der Waals surface area contributed by atoms with E-state index >= 15 is 0 Å². The summed E-state index contributed by atoms with van der Waals surface area (Å²) in [5.74, 6) is 0.239. The number of nitrogens with zero attached hydrogens (tertiary/aromatic N) is 2. The molecule has 0 aliphatic heterocycles. The average molecular weight is 231 g/mol. The number of benzene rings is 1. The summed E-state index contributed by atoms with van der Waals surface area (Å²) < 4.78 is 5.21. The van der Waals surface area contributed by atoms with Crippen LogP contribution in [0.3, 0.4) is 0 Å². The van der Waals surface area contributed by atoms with Gasteiger partial charge in [-0.1, -0.05) is 29.4 Å². The molecular formula is C12H13N3O2. The summed E-state index contributed by atoms with van der Waals surface area (Å²) in [6.45, 7) is -0.223. The van der Waals surface area contributed by atoms with Crippen molar-refractivity contribution in [2.45, 2.75) is 25.5 Å². The minimum atomic E-state index is -0.223. The lowest BCUT2D eigenvalue weighted by Gasteiger charge is -2.08. The molecule has 0 saturated carbocycles. The van der Waals surface area contributed by atoms with Crippen LogP contribution in [0.15, 0.2) is 28.7 Å². The molecule has 1 aliphatic rings. The number of nitrogens with one attached hydrogen (secondary N) is 1. The Morgan fingerprint density at radius 3 is 2.53 bits per heavy atom. The minimum absolute atomic E-state index is 0.223. The first kappa shape index (κ1) is 10.3. The largest absolute Gasteiger partial charge is 0.406 e. The highest BCUT2D eigenvalue weighted by atomic mass is 16.4. The molecule has 5 heteroatoms. The Labute approximate surface area is 98.5 Å². The van der Waals surface area contributed by atoms with E-state index in [-0.39, 0.29) is 12.5 Å². The van der Waals surface area contributed by atoms with E-state index in [4.69, 9.17) is 9.52 Å². The van der Waals surface area contributed by atoms with Gasteiger partial charge in [0.1, 0.15) is 6.61 Å². The van der Waals surface area contributed by atoms with Gasteiger partial charge in [0.15, 0.2) is 0 Å². The lowest BCUT2D eigenvalue weighted by Crippen LogP contribution is -2.19. The fraction of sp³-hybridized carbons (Fsp3) is 0.333. The van der Waals surface area contributed by atoms with Crippen LogP contribution in [0.4, 0.5) is 6.01 Å². The zero-order valence-electron chi connectivity index (χ0n) is 9.26. The van der Waals surface area contributed by atoms with E-state index in [1.54, 1.807) is 0 Å². The predicted octanol–water partition coefficient (Wildman–Crippen LogP) is 1.14. The summed E-state index contributed by atoms with van der Waals surface area (Å²) in [6.07, 6.45) is 1.93. The highest BCUT2D eigenvalue weighted by Gasteiger charge is 2.22. The van der Waals surface area contributed by atoms with E-state index in [9.17, 15) is 0 Å². The van der Waals surface area contributed by atoms with Crippen LogP contribution in [-0.2, 0) is 19.4 Å². The number of aliphatic hydroxyl groups excluding tert-OH is 1. The second-order valence-electron chi connectivity index (χ2n) is 4.18. The van der Waals surface area contributed by atoms with Gasteiger partial charge >= 0.3 is 6.01 Å². The third-order valence-corrected chi connectivity index (χ3v) is 2.98. The Hall–Kier alpha value is -1.88. The Morgan fingerprint density at radius 1 is 1.24 bits per heavy atom. The van der Waals surface area contributed by atoms with Gasteiger partial charge in [0.05, 0.1) is 0 Å². The van der Waals surface area contributed by atoms with Gasteiger partial charge in [-0.15, -0.1) is 5.10 Å². The Balaban J connectivity index is 1.69. The minimum Gasteiger partial charge on any atom is -0.406 e. The van der Waals surface area contributed by atoms with E-state index in [0.29, 0.717) is 12.1 Å². The van der Waals surface area contributed by atoms with E-state index in [1.165, 1.54) is 11.1 Å². The summed E-state index contributed by atoms with van der Waals surface area (Å²) in [4.78, 5) is 0. The van der Waals surface area contributed by atoms with Gasteiger partial charge in [0, 0.05) is 6.04 Å². The standard InChI is InChI=1S/C12H13N3O2/c16-7-11-14-15-12(17-11)13-10-5-8-3-1-2-4-9(8)6-10/h1-4,10,16H,5-7H2,(H,13,15). The van der Waals surface area contributed by atoms with Crippen LogP contribution in [0.2, 0.25) is 0 Å². The first-order valence-corrected chi connectivity index (χ1v) is 5.61. The van der Waals surface area contributed by atoms with Gasteiger partial charge in [-0.2, -0.15) is 0 Å². The molecule has 0 bridgehead atoms. The van der Waals surface area contributed by atoms with Gasteiger partial charge in [-0.05, 0) is 24.0 Å². The van der Waals surface area contributed by atoms with Crippen molar-refractivity contribution < 1.29 is 9.52 Å². The molecule has 0 spiro atoms. The van der Waals surface area contributed by atoms with Gasteiger partial charge in [-0.3, -0.25) is 0 Å². The van der Waals surface area contributed by atoms with E-state index in [1.807, 2.05) is 0 Å². The molecular weight excluding hydrogens is 218 g/mol. The fourth-order valence-corrected chi connectivity index (χ4v) is 2.21. The zero-order chi connectivity index (χ0) is 11.7. The van der Waals surface area contributed by atoms with Crippen LogP contribution in [0.25, 0.3) is 0 Å². The molecule has 1 heterocycles. The molecule has 0 radical (unpaired) electrons. The molecule has 3 rings (SSSR count). The number of aromatic nitrogens is 2. The van der Waals surface area contributed by atoms with Crippen molar-refractivity contribution >= 4 is 6.01 Å². The maximum atomic E-state index is 8.83. The van der Waals surface area contributed by atoms with Crippen LogP contribution >= 0.6 is 0 Å². The summed E-state index contributed by atoms with van der Waals surface area (Å²) >= 11 is 0. The number of rotatable bonds is 3. The van der Waals surface area contributed by atoms with Gasteiger partial charge < -0.3 is 14.8 Å². The third kappa shape index (κ3) is 2.01. The highest BCUT2D eigenvalue weighted by molar-refractivity contribution is 5.37. The topological polar surface area (TPSA) is 71.2 Å². The second-order valence-corrected chi connectivity index (χ2v) is 4.18. The molecule has 2 N–H and O–H groups in total. The van der Waals surface area contributed by atoms with E-state index in [0.717, 1.165) is 12.8 Å². The maximum absolute atomic E-state index is 8.83. The van der Waals surface area contributed by atoms with Crippen molar-refractivity contribution in [3.05, 3.63) is 41.3 Å². The zero-order valence-corrected chi connectivity index (χ0v) is 9.26. The molecule has 0 atom stereocenters. The molecule has 5 nitrogen and oxygen atoms in total. The molecule has 0 fully saturated rings. The Bertz CT molecular complexity index is 499. The quantitative estimate of drug-likeness (QED) is 0.828. The number of fused-ring (bicyclic) bond motifs is 1. The van der Waals surface area contributed by atoms with Crippen molar-refractivity contribution in [1.29, 1.82) is 0 Å². The third-order valence-electron chi connectivity index (χ3n) is 2.98. The number of anilines is 1. The number of aliphatic hydroxyl groups is 1. The SMILES string of the molecule is OCc1nnc(NC2Cc3ccccc3C2)o1. The first-order chi connectivity index (χ1) is 8.35. The normalized spacial score (nSPS) is 14.9. The van der Waals surface area contributed by atoms with Crippen molar-refractivity contribution in [3.8, 4) is 0 Å². The molecule has 1 aromatic carbocycles. The van der Waals surface area contributed by atoms with Crippen molar-refractivity contribution in [2.75, 3.05) is 5.32 Å². The molecule has 88 valence electrons. The van der Waals surface area contributed by atoms with E-state index < -0.39 is 0 Å². The number of hydrogen-bond donors (Lipinski definition) is 2. The molecule has 0 saturated heterocycles. The first-order valence-electron chi connectivity index (χ1n) is 5.61. The maximum Gasteiger partial charge on any atom is 0.315 e. The van der Waals surface area contributed by atoms with Crippen molar-refractivity contribution in [2.24, 2.45) is 0 Å². The molecule has 2 aromatic rings. The van der Waals surface area contributed by atoms with Gasteiger partial charge in [0.25, 0.3) is 0 Å². The van der Waals surface area contributed by atoms with Crippen molar-refractivity contribution in [1.82, 2.24) is 10.2 Å². The molecule has 0 amide bonds. The van der Waals surface area contributed by atoms with Crippen LogP contribution < -0.4 is 5.32 Å². The average Bonchev–Trinajstić information content (AvgIpc) is 2.94. The lowest BCUT2D eigenvalue weighted by atomic mass is 10.1. The smallest absolute Gasteiger partial charge is 0.315 e. The molecule has 1 aliphatic carbocycles. The summed E-state index contributed by atoms with van der Waals surface area (Å²) in [5, 5.41) is 19.5. The Morgan fingerprint density at radius 2 is 1.94 bits per heavy atom. The van der Waals surface area contributed by atoms with E-state index in [2.05, 4.69) is 39.8 Å². The molecule has 0 unspecified atom stereocenters. The van der Waals surface area contributed by atoms with Gasteiger partial charge in [-0.25, -0.2) is 0 Å². The summed E-state index contributed by atoms with van der Waals surface area (Å²) in [7, 11) is 0. The lowest BCUT2D eigenvalue weighted by molar-refractivity contribution is 0.241. The summed E-state index contributed by atoms with van der Waals surface area (Å²) in [6, 6.07) is 9.06. The fourth-order valence-electron chi connectivity index (χ4n) is 2.21. The van der Waals surface area contributed by atoms with Crippen LogP contribution in [-0.4, -0.2) is 21.3 Å². The van der Waals surface area contributed by atoms with Crippen LogP contribution in [0.1, 0.15) is 17.0 Å². The predicted molar refractivity (Wildman–Crippen MR) is 61.5 cm³/mol. The molecule has 1 aromatic heterocycles. The monoisotopic (exact) mass is 231 g/mol. The van der Waals surface area contributed by atoms with Gasteiger partial charge in [0.2, 0.25) is 5.89 Å². The molecule has 17 heavy (non-hydrogen) atoms. The Kier molecular flexibility index (Phi) is 2.53. The number of hydrogen-bond acceptors (Lipinski definition) is 5. The van der Waals surface area contributed by atoms with Crippen LogP contribution in [0, 0.1) is 0 Å². The summed E-state index contributed by atoms with van der Waals surface area (Å²) in [5.41, 5.74) is 2.73.